The van der Waals surface area contributed by atoms with E-state index in [0.717, 1.165) is 43.2 Å². The van der Waals surface area contributed by atoms with Gasteiger partial charge in [-0.2, -0.15) is 0 Å². The summed E-state index contributed by atoms with van der Waals surface area (Å²) in [5, 5.41) is 0.498. The van der Waals surface area contributed by atoms with Crippen LogP contribution in [0.1, 0.15) is 69.8 Å². The minimum atomic E-state index is -0.953. The predicted octanol–water partition coefficient (Wildman–Crippen LogP) is 8.92. The quantitative estimate of drug-likeness (QED) is 0.272. The molecule has 0 amide bonds. The van der Waals surface area contributed by atoms with Gasteiger partial charge in [0.1, 0.15) is 11.6 Å². The first-order chi connectivity index (χ1) is 15.0. The summed E-state index contributed by atoms with van der Waals surface area (Å²) in [4.78, 5) is 0. The molecule has 0 bridgehead atoms. The molecule has 0 heterocycles. The van der Waals surface area contributed by atoms with E-state index in [0.29, 0.717) is 10.9 Å². The van der Waals surface area contributed by atoms with Gasteiger partial charge in [0.15, 0.2) is 11.6 Å². The normalized spacial score (nSPS) is 19.1. The average Bonchev–Trinajstić information content (AvgIpc) is 2.76. The summed E-state index contributed by atoms with van der Waals surface area (Å²) in [6.07, 6.45) is 9.20. The van der Waals surface area contributed by atoms with Crippen molar-refractivity contribution in [3.05, 3.63) is 71.3 Å². The Morgan fingerprint density at radius 1 is 0.774 bits per heavy atom. The fourth-order valence-electron chi connectivity index (χ4n) is 4.99. The van der Waals surface area contributed by atoms with E-state index in [4.69, 9.17) is 0 Å². The lowest BCUT2D eigenvalue weighted by Gasteiger charge is -2.29. The minimum absolute atomic E-state index is 0.0943. The van der Waals surface area contributed by atoms with Crippen LogP contribution in [0.3, 0.4) is 0 Å². The molecule has 164 valence electrons. The van der Waals surface area contributed by atoms with Crippen LogP contribution in [0.4, 0.5) is 17.6 Å². The SMILES string of the molecule is CCCCCC1CCC(c2cc(F)c(-c3ccc4c(F)c(F)ccc4c3)c(F)c2)CC1. The third kappa shape index (κ3) is 4.63. The summed E-state index contributed by atoms with van der Waals surface area (Å²) < 4.78 is 57.4. The lowest BCUT2D eigenvalue weighted by molar-refractivity contribution is 0.302. The first kappa shape index (κ1) is 21.9. The summed E-state index contributed by atoms with van der Waals surface area (Å²) in [5.74, 6) is -2.19. The van der Waals surface area contributed by atoms with Crippen molar-refractivity contribution in [2.45, 2.75) is 64.2 Å². The number of benzene rings is 3. The molecule has 3 aromatic rings. The Morgan fingerprint density at radius 3 is 2.16 bits per heavy atom. The lowest BCUT2D eigenvalue weighted by atomic mass is 9.76. The van der Waals surface area contributed by atoms with Crippen LogP contribution in [0.2, 0.25) is 0 Å². The van der Waals surface area contributed by atoms with Gasteiger partial charge >= 0.3 is 0 Å². The Labute approximate surface area is 181 Å². The largest absolute Gasteiger partial charge is 0.206 e. The molecule has 0 saturated heterocycles. The van der Waals surface area contributed by atoms with E-state index in [-0.39, 0.29) is 16.9 Å². The predicted molar refractivity (Wildman–Crippen MR) is 118 cm³/mol. The molecule has 4 rings (SSSR count). The van der Waals surface area contributed by atoms with Gasteiger partial charge in [0, 0.05) is 5.39 Å². The second kappa shape index (κ2) is 9.42. The van der Waals surface area contributed by atoms with Crippen molar-refractivity contribution in [3.63, 3.8) is 0 Å². The van der Waals surface area contributed by atoms with Crippen LogP contribution in [-0.4, -0.2) is 0 Å². The van der Waals surface area contributed by atoms with Crippen molar-refractivity contribution in [3.8, 4) is 11.1 Å². The molecule has 1 aliphatic carbocycles. The van der Waals surface area contributed by atoms with Crippen molar-refractivity contribution in [2.75, 3.05) is 0 Å². The van der Waals surface area contributed by atoms with E-state index in [1.165, 1.54) is 62.1 Å². The molecule has 0 aliphatic heterocycles. The highest BCUT2D eigenvalue weighted by atomic mass is 19.2. The molecule has 31 heavy (non-hydrogen) atoms. The van der Waals surface area contributed by atoms with E-state index in [1.54, 1.807) is 0 Å². The zero-order chi connectivity index (χ0) is 22.0. The molecular weight excluding hydrogens is 400 g/mol. The van der Waals surface area contributed by atoms with Gasteiger partial charge in [-0.15, -0.1) is 0 Å². The Bertz CT molecular complexity index is 1040. The molecule has 0 aromatic heterocycles. The smallest absolute Gasteiger partial charge is 0.166 e. The average molecular weight is 429 g/mol. The zero-order valence-corrected chi connectivity index (χ0v) is 17.9. The van der Waals surface area contributed by atoms with E-state index in [1.807, 2.05) is 0 Å². The van der Waals surface area contributed by atoms with Crippen LogP contribution in [-0.2, 0) is 0 Å². The second-order valence-corrected chi connectivity index (χ2v) is 8.87. The molecule has 0 unspecified atom stereocenters. The Kier molecular flexibility index (Phi) is 6.64. The highest BCUT2D eigenvalue weighted by Gasteiger charge is 2.24. The third-order valence-electron chi connectivity index (χ3n) is 6.79. The van der Waals surface area contributed by atoms with Crippen LogP contribution < -0.4 is 0 Å². The molecule has 0 nitrogen and oxygen atoms in total. The molecule has 0 spiro atoms. The van der Waals surface area contributed by atoms with Gasteiger partial charge in [0.05, 0.1) is 5.56 Å². The van der Waals surface area contributed by atoms with Crippen LogP contribution >= 0.6 is 0 Å². The molecular formula is C27H28F4. The van der Waals surface area contributed by atoms with Crippen LogP contribution in [0.25, 0.3) is 21.9 Å². The first-order valence-electron chi connectivity index (χ1n) is 11.3. The van der Waals surface area contributed by atoms with Gasteiger partial charge in [-0.25, -0.2) is 17.6 Å². The van der Waals surface area contributed by atoms with Gasteiger partial charge in [-0.05, 0) is 78.3 Å². The second-order valence-electron chi connectivity index (χ2n) is 8.87. The summed E-state index contributed by atoms with van der Waals surface area (Å²) in [6.45, 7) is 2.21. The fraction of sp³-hybridized carbons (Fsp3) is 0.407. The van der Waals surface area contributed by atoms with E-state index in [9.17, 15) is 8.78 Å². The summed E-state index contributed by atoms with van der Waals surface area (Å²) >= 11 is 0. The van der Waals surface area contributed by atoms with Crippen LogP contribution in [0.5, 0.6) is 0 Å². The number of unbranched alkanes of at least 4 members (excludes halogenated alkanes) is 2. The monoisotopic (exact) mass is 428 g/mol. The van der Waals surface area contributed by atoms with E-state index < -0.39 is 23.3 Å². The Morgan fingerprint density at radius 2 is 1.48 bits per heavy atom. The highest BCUT2D eigenvalue weighted by molar-refractivity contribution is 5.88. The van der Waals surface area contributed by atoms with Crippen molar-refractivity contribution in [1.29, 1.82) is 0 Å². The lowest BCUT2D eigenvalue weighted by Crippen LogP contribution is -2.14. The van der Waals surface area contributed by atoms with Gasteiger partial charge in [-0.1, -0.05) is 50.8 Å². The number of fused-ring (bicyclic) bond motifs is 1. The summed E-state index contributed by atoms with van der Waals surface area (Å²) in [6, 6.07) is 9.66. The maximum absolute atomic E-state index is 15.0. The van der Waals surface area contributed by atoms with Gasteiger partial charge in [-0.3, -0.25) is 0 Å². The van der Waals surface area contributed by atoms with Crippen molar-refractivity contribution in [1.82, 2.24) is 0 Å². The standard InChI is InChI=1S/C27H28F4/c1-2-3-4-5-17-6-8-18(9-7-17)21-15-24(29)26(25(30)16-21)20-10-12-22-19(14-20)11-13-23(28)27(22)31/h10-18H,2-9H2,1H3. The van der Waals surface area contributed by atoms with Crippen LogP contribution in [0, 0.1) is 29.2 Å². The number of hydrogen-bond donors (Lipinski definition) is 0. The summed E-state index contributed by atoms with van der Waals surface area (Å²) in [5.41, 5.74) is 0.919. The molecule has 0 N–H and O–H groups in total. The number of halogens is 4. The van der Waals surface area contributed by atoms with Crippen molar-refractivity contribution >= 4 is 10.8 Å². The molecule has 4 heteroatoms. The summed E-state index contributed by atoms with van der Waals surface area (Å²) in [7, 11) is 0. The molecule has 0 radical (unpaired) electrons. The van der Waals surface area contributed by atoms with E-state index >= 15 is 8.78 Å². The van der Waals surface area contributed by atoms with Crippen molar-refractivity contribution < 1.29 is 17.6 Å². The maximum Gasteiger partial charge on any atom is 0.166 e. The number of hydrogen-bond acceptors (Lipinski definition) is 0. The minimum Gasteiger partial charge on any atom is -0.206 e. The van der Waals surface area contributed by atoms with Gasteiger partial charge in [0.2, 0.25) is 0 Å². The molecule has 1 saturated carbocycles. The molecule has 1 fully saturated rings. The molecule has 3 aromatic carbocycles. The molecule has 1 aliphatic rings. The Hall–Kier alpha value is -2.36. The third-order valence-corrected chi connectivity index (χ3v) is 6.79. The first-order valence-corrected chi connectivity index (χ1v) is 11.3. The van der Waals surface area contributed by atoms with Gasteiger partial charge < -0.3 is 0 Å². The van der Waals surface area contributed by atoms with Gasteiger partial charge in [0.25, 0.3) is 0 Å². The topological polar surface area (TPSA) is 0 Å². The zero-order valence-electron chi connectivity index (χ0n) is 17.9. The fourth-order valence-corrected chi connectivity index (χ4v) is 4.99. The highest BCUT2D eigenvalue weighted by Crippen LogP contribution is 2.40. The maximum atomic E-state index is 15.0. The van der Waals surface area contributed by atoms with Crippen LogP contribution in [0.15, 0.2) is 42.5 Å². The van der Waals surface area contributed by atoms with Crippen molar-refractivity contribution in [2.24, 2.45) is 5.92 Å². The molecule has 0 atom stereocenters. The van der Waals surface area contributed by atoms with E-state index in [2.05, 4.69) is 6.92 Å². The number of rotatable bonds is 6. The Balaban J connectivity index is 1.54.